The Bertz CT molecular complexity index is 562. The molecule has 0 amide bonds. The van der Waals surface area contributed by atoms with Gasteiger partial charge < -0.3 is 10.5 Å². The van der Waals surface area contributed by atoms with E-state index in [1.165, 1.54) is 18.3 Å². The van der Waals surface area contributed by atoms with E-state index in [0.717, 1.165) is 0 Å². The molecule has 0 saturated heterocycles. The Kier molecular flexibility index (Phi) is 3.57. The largest absolute Gasteiger partial charge is 0.437 e. The molecule has 0 bridgehead atoms. The molecule has 1 aromatic heterocycles. The molecule has 2 N–H and O–H groups in total. The number of hydrogen-bond acceptors (Lipinski definition) is 4. The van der Waals surface area contributed by atoms with Crippen LogP contribution >= 0.6 is 34.8 Å². The predicted octanol–water partition coefficient (Wildman–Crippen LogP) is 3.81. The lowest BCUT2D eigenvalue weighted by atomic mass is 10.3. The Morgan fingerprint density at radius 2 is 1.76 bits per heavy atom. The summed E-state index contributed by atoms with van der Waals surface area (Å²) in [5.41, 5.74) is 5.42. The fourth-order valence-corrected chi connectivity index (χ4v) is 1.68. The van der Waals surface area contributed by atoms with Gasteiger partial charge in [0.25, 0.3) is 0 Å². The van der Waals surface area contributed by atoms with Crippen LogP contribution in [-0.2, 0) is 0 Å². The molecular weight excluding hydrogens is 284 g/mol. The maximum absolute atomic E-state index is 5.95. The zero-order valence-corrected chi connectivity index (χ0v) is 10.6. The van der Waals surface area contributed by atoms with Gasteiger partial charge in [0.2, 0.25) is 11.8 Å². The van der Waals surface area contributed by atoms with Gasteiger partial charge in [-0.15, -0.1) is 0 Å². The molecule has 1 heterocycles. The van der Waals surface area contributed by atoms with E-state index in [1.54, 1.807) is 6.07 Å². The number of anilines is 1. The van der Waals surface area contributed by atoms with Crippen molar-refractivity contribution in [2.45, 2.75) is 0 Å². The minimum atomic E-state index is 0.110. The average Bonchev–Trinajstić information content (AvgIpc) is 2.26. The molecule has 88 valence electrons. The minimum Gasteiger partial charge on any atom is -0.437 e. The quantitative estimate of drug-likeness (QED) is 0.854. The molecule has 0 radical (unpaired) electrons. The molecule has 0 aliphatic rings. The van der Waals surface area contributed by atoms with Gasteiger partial charge >= 0.3 is 0 Å². The highest BCUT2D eigenvalue weighted by atomic mass is 35.5. The van der Waals surface area contributed by atoms with Crippen LogP contribution in [0.5, 0.6) is 11.6 Å². The Labute approximate surface area is 112 Å². The van der Waals surface area contributed by atoms with Crippen molar-refractivity contribution in [2.75, 3.05) is 5.73 Å². The predicted molar refractivity (Wildman–Crippen MR) is 68.0 cm³/mol. The molecule has 0 saturated carbocycles. The summed E-state index contributed by atoms with van der Waals surface area (Å²) in [4.78, 5) is 7.61. The summed E-state index contributed by atoms with van der Waals surface area (Å²) < 4.78 is 5.42. The Morgan fingerprint density at radius 1 is 1.06 bits per heavy atom. The third-order valence-electron chi connectivity index (χ3n) is 1.84. The third kappa shape index (κ3) is 2.91. The minimum absolute atomic E-state index is 0.110. The van der Waals surface area contributed by atoms with Gasteiger partial charge in [-0.1, -0.05) is 34.8 Å². The smallest absolute Gasteiger partial charge is 0.224 e. The van der Waals surface area contributed by atoms with Gasteiger partial charge in [0.15, 0.2) is 0 Å². The maximum atomic E-state index is 5.95. The number of rotatable bonds is 2. The lowest BCUT2D eigenvalue weighted by molar-refractivity contribution is 0.463. The van der Waals surface area contributed by atoms with E-state index in [-0.39, 0.29) is 11.8 Å². The van der Waals surface area contributed by atoms with Crippen LogP contribution in [0.3, 0.4) is 0 Å². The highest BCUT2D eigenvalue weighted by molar-refractivity contribution is 6.43. The van der Waals surface area contributed by atoms with Gasteiger partial charge in [0, 0.05) is 18.3 Å². The summed E-state index contributed by atoms with van der Waals surface area (Å²) in [6.07, 6.45) is 1.48. The fraction of sp³-hybridized carbons (Fsp3) is 0. The Hall–Kier alpha value is -1.23. The molecule has 17 heavy (non-hydrogen) atoms. The molecule has 0 aliphatic carbocycles. The highest BCUT2D eigenvalue weighted by Crippen LogP contribution is 2.35. The number of ether oxygens (including phenoxy) is 1. The summed E-state index contributed by atoms with van der Waals surface area (Å²) in [5, 5.41) is 1.02. The monoisotopic (exact) mass is 289 g/mol. The number of nitrogen functional groups attached to an aromatic ring is 1. The van der Waals surface area contributed by atoms with Crippen LogP contribution in [-0.4, -0.2) is 9.97 Å². The zero-order chi connectivity index (χ0) is 12.4. The number of hydrogen-bond donors (Lipinski definition) is 1. The van der Waals surface area contributed by atoms with Crippen molar-refractivity contribution < 1.29 is 4.74 Å². The van der Waals surface area contributed by atoms with Crippen molar-refractivity contribution in [3.8, 4) is 11.6 Å². The number of nitrogens with zero attached hydrogens (tertiary/aromatic N) is 2. The summed E-state index contributed by atoms with van der Waals surface area (Å²) >= 11 is 17.6. The first kappa shape index (κ1) is 12.2. The fourth-order valence-electron chi connectivity index (χ4n) is 1.11. The standard InChI is InChI=1S/C10H6Cl3N3O/c11-5-3-7(13)8(4-6(5)12)17-9-1-2-15-10(14)16-9/h1-4H,(H2,14,15,16). The molecule has 4 nitrogen and oxygen atoms in total. The first-order valence-corrected chi connectivity index (χ1v) is 5.60. The van der Waals surface area contributed by atoms with Gasteiger partial charge in [-0.25, -0.2) is 4.98 Å². The van der Waals surface area contributed by atoms with Crippen LogP contribution in [0.25, 0.3) is 0 Å². The third-order valence-corrected chi connectivity index (χ3v) is 2.86. The second-order valence-corrected chi connectivity index (χ2v) is 4.27. The van der Waals surface area contributed by atoms with E-state index in [2.05, 4.69) is 9.97 Å². The van der Waals surface area contributed by atoms with E-state index < -0.39 is 0 Å². The molecule has 1 aromatic carbocycles. The highest BCUT2D eigenvalue weighted by Gasteiger charge is 2.09. The number of halogens is 3. The summed E-state index contributed by atoms with van der Waals surface area (Å²) in [6.45, 7) is 0. The molecular formula is C10H6Cl3N3O. The van der Waals surface area contributed by atoms with Crippen molar-refractivity contribution in [3.63, 3.8) is 0 Å². The van der Waals surface area contributed by atoms with Crippen molar-refractivity contribution in [1.82, 2.24) is 9.97 Å². The van der Waals surface area contributed by atoms with Gasteiger partial charge in [0.1, 0.15) is 5.75 Å². The maximum Gasteiger partial charge on any atom is 0.224 e. The van der Waals surface area contributed by atoms with E-state index in [0.29, 0.717) is 20.8 Å². The van der Waals surface area contributed by atoms with E-state index in [9.17, 15) is 0 Å². The number of nitrogens with two attached hydrogens (primary N) is 1. The van der Waals surface area contributed by atoms with Crippen molar-refractivity contribution in [1.29, 1.82) is 0 Å². The Balaban J connectivity index is 2.33. The second kappa shape index (κ2) is 4.96. The van der Waals surface area contributed by atoms with Gasteiger partial charge in [0.05, 0.1) is 15.1 Å². The summed E-state index contributed by atoms with van der Waals surface area (Å²) in [6, 6.07) is 4.55. The van der Waals surface area contributed by atoms with E-state index in [4.69, 9.17) is 45.3 Å². The second-order valence-electron chi connectivity index (χ2n) is 3.05. The molecule has 2 aromatic rings. The van der Waals surface area contributed by atoms with Crippen LogP contribution < -0.4 is 10.5 Å². The van der Waals surface area contributed by atoms with Crippen molar-refractivity contribution >= 4 is 40.8 Å². The van der Waals surface area contributed by atoms with Crippen LogP contribution in [0.2, 0.25) is 15.1 Å². The van der Waals surface area contributed by atoms with Gasteiger partial charge in [-0.05, 0) is 6.07 Å². The summed E-state index contributed by atoms with van der Waals surface area (Å²) in [5.74, 6) is 0.732. The molecule has 0 unspecified atom stereocenters. The molecule has 2 rings (SSSR count). The van der Waals surface area contributed by atoms with Crippen molar-refractivity contribution in [3.05, 3.63) is 39.5 Å². The van der Waals surface area contributed by atoms with Crippen molar-refractivity contribution in [2.24, 2.45) is 0 Å². The SMILES string of the molecule is Nc1nccc(Oc2cc(Cl)c(Cl)cc2Cl)n1. The van der Waals surface area contributed by atoms with Gasteiger partial charge in [-0.3, -0.25) is 0 Å². The van der Waals surface area contributed by atoms with Gasteiger partial charge in [-0.2, -0.15) is 4.98 Å². The first-order valence-electron chi connectivity index (χ1n) is 4.47. The normalized spacial score (nSPS) is 10.3. The summed E-state index contributed by atoms with van der Waals surface area (Å²) in [7, 11) is 0. The lowest BCUT2D eigenvalue weighted by Gasteiger charge is -2.07. The van der Waals surface area contributed by atoms with Crippen LogP contribution in [0.15, 0.2) is 24.4 Å². The molecule has 7 heteroatoms. The molecule has 0 fully saturated rings. The molecule has 0 atom stereocenters. The molecule has 0 aliphatic heterocycles. The lowest BCUT2D eigenvalue weighted by Crippen LogP contribution is -1.96. The first-order chi connectivity index (χ1) is 8.06. The van der Waals surface area contributed by atoms with Crippen LogP contribution in [0.1, 0.15) is 0 Å². The topological polar surface area (TPSA) is 61.0 Å². The molecule has 0 spiro atoms. The van der Waals surface area contributed by atoms with E-state index >= 15 is 0 Å². The van der Waals surface area contributed by atoms with Crippen LogP contribution in [0, 0.1) is 0 Å². The van der Waals surface area contributed by atoms with Crippen LogP contribution in [0.4, 0.5) is 5.95 Å². The number of benzene rings is 1. The average molecular weight is 291 g/mol. The Morgan fingerprint density at radius 3 is 2.47 bits per heavy atom. The number of aromatic nitrogens is 2. The van der Waals surface area contributed by atoms with E-state index in [1.807, 2.05) is 0 Å². The zero-order valence-electron chi connectivity index (χ0n) is 8.32.